The highest BCUT2D eigenvalue weighted by molar-refractivity contribution is 6.90. The van der Waals surface area contributed by atoms with E-state index in [1.54, 1.807) is 12.3 Å². The summed E-state index contributed by atoms with van der Waals surface area (Å²) in [6.45, 7) is 12.6. The molecule has 3 heterocycles. The molecular formula is C21H24Cl4N4O3Si2. The summed E-state index contributed by atoms with van der Waals surface area (Å²) in [5, 5.41) is 11.4. The number of pyridine rings is 2. The first-order valence-electron chi connectivity index (χ1n) is 10.0. The zero-order chi connectivity index (χ0) is 26.0. The van der Waals surface area contributed by atoms with Crippen molar-refractivity contribution in [3.05, 3.63) is 62.6 Å². The standard InChI is InChI=1S/C12H13Cl2N3OSi.C9H11Cl2NO2Si/c1-19(2,3)9-6-8(10(13)16-11(9)14)12(18)17-5-4-15-7-17;1-15(2,3)6-4-5(9(13)14)7(10)12-8(6)11/h4-7H,1-3H3;4H,1-3H3,(H,13,14). The van der Waals surface area contributed by atoms with Gasteiger partial charge in [0.1, 0.15) is 26.9 Å². The minimum atomic E-state index is -1.69. The van der Waals surface area contributed by atoms with Gasteiger partial charge < -0.3 is 5.11 Å². The molecule has 3 aromatic rings. The van der Waals surface area contributed by atoms with E-state index in [0.29, 0.717) is 15.9 Å². The van der Waals surface area contributed by atoms with Crippen LogP contribution in [0, 0.1) is 0 Å². The Hall–Kier alpha value is -1.76. The van der Waals surface area contributed by atoms with E-state index in [4.69, 9.17) is 51.5 Å². The summed E-state index contributed by atoms with van der Waals surface area (Å²) in [6, 6.07) is 3.29. The summed E-state index contributed by atoms with van der Waals surface area (Å²) in [5.41, 5.74) is 0.361. The van der Waals surface area contributed by atoms with Crippen LogP contribution in [0.25, 0.3) is 0 Å². The number of aromatic carboxylic acids is 1. The van der Waals surface area contributed by atoms with Gasteiger partial charge in [0.2, 0.25) is 0 Å². The summed E-state index contributed by atoms with van der Waals surface area (Å²) in [4.78, 5) is 34.9. The first kappa shape index (κ1) is 28.5. The van der Waals surface area contributed by atoms with Crippen LogP contribution >= 0.6 is 46.4 Å². The van der Waals surface area contributed by atoms with Crippen LogP contribution in [-0.4, -0.2) is 52.6 Å². The number of carbonyl (C=O) groups excluding carboxylic acids is 1. The fourth-order valence-corrected chi connectivity index (χ4v) is 7.82. The number of hydrogen-bond donors (Lipinski definition) is 1. The number of nitrogens with zero attached hydrogens (tertiary/aromatic N) is 4. The lowest BCUT2D eigenvalue weighted by atomic mass is 10.2. The predicted molar refractivity (Wildman–Crippen MR) is 143 cm³/mol. The highest BCUT2D eigenvalue weighted by atomic mass is 35.5. The maximum atomic E-state index is 12.3. The molecule has 3 aromatic heterocycles. The van der Waals surface area contributed by atoms with Crippen molar-refractivity contribution in [2.75, 3.05) is 0 Å². The lowest BCUT2D eigenvalue weighted by Gasteiger charge is -2.19. The van der Waals surface area contributed by atoms with Gasteiger partial charge in [0.05, 0.1) is 27.3 Å². The number of imidazole rings is 1. The van der Waals surface area contributed by atoms with E-state index in [1.165, 1.54) is 23.2 Å². The second-order valence-corrected chi connectivity index (χ2v) is 20.9. The Kier molecular flexibility index (Phi) is 9.12. The van der Waals surface area contributed by atoms with Crippen LogP contribution in [0.2, 0.25) is 59.9 Å². The van der Waals surface area contributed by atoms with Crippen molar-refractivity contribution < 1.29 is 14.7 Å². The molecule has 13 heteroatoms. The van der Waals surface area contributed by atoms with E-state index in [2.05, 4.69) is 54.2 Å². The smallest absolute Gasteiger partial charge is 0.338 e. The van der Waals surface area contributed by atoms with Gasteiger partial charge >= 0.3 is 5.97 Å². The summed E-state index contributed by atoms with van der Waals surface area (Å²) in [7, 11) is -3.39. The fraction of sp³-hybridized carbons (Fsp3) is 0.286. The number of carboxylic acid groups (broad SMARTS) is 1. The van der Waals surface area contributed by atoms with E-state index >= 15 is 0 Å². The lowest BCUT2D eigenvalue weighted by molar-refractivity contribution is 0.0696. The SMILES string of the molecule is C[Si](C)(C)c1cc(C(=O)O)c(Cl)nc1Cl.C[Si](C)(C)c1cc(C(=O)n2ccnc2)c(Cl)nc1Cl. The maximum absolute atomic E-state index is 12.3. The van der Waals surface area contributed by atoms with E-state index in [1.807, 2.05) is 0 Å². The van der Waals surface area contributed by atoms with Crippen LogP contribution in [0.3, 0.4) is 0 Å². The molecule has 0 radical (unpaired) electrons. The third-order valence-electron chi connectivity index (χ3n) is 4.67. The topological polar surface area (TPSA) is 98.0 Å². The first-order valence-corrected chi connectivity index (χ1v) is 18.5. The van der Waals surface area contributed by atoms with Gasteiger partial charge in [-0.2, -0.15) is 0 Å². The Morgan fingerprint density at radius 3 is 1.62 bits per heavy atom. The third kappa shape index (κ3) is 6.90. The van der Waals surface area contributed by atoms with Gasteiger partial charge in [-0.1, -0.05) is 85.7 Å². The molecule has 0 atom stereocenters. The van der Waals surface area contributed by atoms with Crippen LogP contribution in [0.5, 0.6) is 0 Å². The zero-order valence-corrected chi connectivity index (χ0v) is 24.5. The number of carboxylic acids is 1. The van der Waals surface area contributed by atoms with E-state index in [-0.39, 0.29) is 21.8 Å². The molecule has 0 aliphatic rings. The maximum Gasteiger partial charge on any atom is 0.338 e. The second-order valence-electron chi connectivity index (χ2n) is 9.41. The molecule has 0 aliphatic carbocycles. The fourth-order valence-electron chi connectivity index (χ4n) is 2.81. The molecule has 0 saturated heterocycles. The van der Waals surface area contributed by atoms with Gasteiger partial charge in [0, 0.05) is 12.4 Å². The van der Waals surface area contributed by atoms with Crippen LogP contribution in [0.1, 0.15) is 20.7 Å². The van der Waals surface area contributed by atoms with Gasteiger partial charge in [0.15, 0.2) is 0 Å². The monoisotopic (exact) mass is 576 g/mol. The Bertz CT molecular complexity index is 1220. The molecule has 0 aromatic carbocycles. The molecule has 3 rings (SSSR count). The third-order valence-corrected chi connectivity index (χ3v) is 10.1. The lowest BCUT2D eigenvalue weighted by Crippen LogP contribution is -2.39. The van der Waals surface area contributed by atoms with Crippen molar-refractivity contribution in [2.24, 2.45) is 0 Å². The largest absolute Gasteiger partial charge is 0.478 e. The molecular weight excluding hydrogens is 554 g/mol. The zero-order valence-electron chi connectivity index (χ0n) is 19.5. The number of halogens is 4. The molecule has 0 amide bonds. The number of rotatable bonds is 4. The normalized spacial score (nSPS) is 11.6. The van der Waals surface area contributed by atoms with E-state index in [9.17, 15) is 9.59 Å². The van der Waals surface area contributed by atoms with Crippen molar-refractivity contribution in [1.29, 1.82) is 0 Å². The highest BCUT2D eigenvalue weighted by Gasteiger charge is 2.25. The molecule has 1 N–H and O–H groups in total. The summed E-state index contributed by atoms with van der Waals surface area (Å²) < 4.78 is 1.37. The average Bonchev–Trinajstić information content (AvgIpc) is 3.20. The van der Waals surface area contributed by atoms with Crippen molar-refractivity contribution in [3.8, 4) is 0 Å². The molecule has 7 nitrogen and oxygen atoms in total. The Balaban J connectivity index is 0.000000248. The number of carbonyl (C=O) groups is 2. The van der Waals surface area contributed by atoms with Crippen LogP contribution in [-0.2, 0) is 0 Å². The van der Waals surface area contributed by atoms with Crippen molar-refractivity contribution in [3.63, 3.8) is 0 Å². The Morgan fingerprint density at radius 2 is 1.24 bits per heavy atom. The first-order chi connectivity index (χ1) is 15.5. The molecule has 0 saturated carbocycles. The molecule has 34 heavy (non-hydrogen) atoms. The molecule has 0 aliphatic heterocycles. The number of hydrogen-bond acceptors (Lipinski definition) is 5. The minimum absolute atomic E-state index is 0.0125. The van der Waals surface area contributed by atoms with Crippen LogP contribution < -0.4 is 10.4 Å². The number of aromatic nitrogens is 4. The molecule has 0 unspecified atom stereocenters. The van der Waals surface area contributed by atoms with Gasteiger partial charge in [-0.15, -0.1) is 0 Å². The summed E-state index contributed by atoms with van der Waals surface area (Å²) >= 11 is 23.8. The van der Waals surface area contributed by atoms with Crippen LogP contribution in [0.15, 0.2) is 30.9 Å². The van der Waals surface area contributed by atoms with E-state index in [0.717, 1.165) is 10.4 Å². The Morgan fingerprint density at radius 1 is 0.794 bits per heavy atom. The molecule has 182 valence electrons. The van der Waals surface area contributed by atoms with Gasteiger partial charge in [-0.3, -0.25) is 9.36 Å². The molecule has 0 spiro atoms. The Labute approximate surface area is 220 Å². The predicted octanol–water partition coefficient (Wildman–Crippen LogP) is 5.45. The highest BCUT2D eigenvalue weighted by Crippen LogP contribution is 2.20. The van der Waals surface area contributed by atoms with Gasteiger partial charge in [-0.05, 0) is 22.5 Å². The van der Waals surface area contributed by atoms with E-state index < -0.39 is 22.1 Å². The molecule has 0 bridgehead atoms. The van der Waals surface area contributed by atoms with Crippen molar-refractivity contribution in [2.45, 2.75) is 39.3 Å². The van der Waals surface area contributed by atoms with Crippen molar-refractivity contribution >= 4 is 84.8 Å². The van der Waals surface area contributed by atoms with Crippen molar-refractivity contribution in [1.82, 2.24) is 19.5 Å². The summed E-state index contributed by atoms with van der Waals surface area (Å²) in [6.07, 6.45) is 4.54. The quantitative estimate of drug-likeness (QED) is 0.327. The minimum Gasteiger partial charge on any atom is -0.478 e. The van der Waals surface area contributed by atoms with Gasteiger partial charge in [-0.25, -0.2) is 19.7 Å². The summed E-state index contributed by atoms with van der Waals surface area (Å²) in [5.74, 6) is -1.34. The average molecular weight is 578 g/mol. The second kappa shape index (κ2) is 10.9. The molecule has 0 fully saturated rings. The van der Waals surface area contributed by atoms with Gasteiger partial charge in [0.25, 0.3) is 5.91 Å². The van der Waals surface area contributed by atoms with Crippen LogP contribution in [0.4, 0.5) is 0 Å².